The first-order valence-corrected chi connectivity index (χ1v) is 6.20. The molecule has 0 spiro atoms. The van der Waals surface area contributed by atoms with Gasteiger partial charge in [0.2, 0.25) is 0 Å². The van der Waals surface area contributed by atoms with Gasteiger partial charge in [-0.15, -0.1) is 0 Å². The summed E-state index contributed by atoms with van der Waals surface area (Å²) in [4.78, 5) is 23.4. The van der Waals surface area contributed by atoms with Crippen molar-refractivity contribution in [2.24, 2.45) is 11.8 Å². The van der Waals surface area contributed by atoms with E-state index in [1.54, 1.807) is 0 Å². The first-order valence-electron chi connectivity index (χ1n) is 6.20. The van der Waals surface area contributed by atoms with Crippen molar-refractivity contribution in [2.45, 2.75) is 58.8 Å². The lowest BCUT2D eigenvalue weighted by molar-refractivity contribution is -0.135. The first kappa shape index (κ1) is 12.4. The Balaban J connectivity index is 2.39. The Labute approximate surface area is 92.4 Å². The fourth-order valence-corrected chi connectivity index (χ4v) is 2.25. The number of carbonyl (C=O) groups is 2. The van der Waals surface area contributed by atoms with Crippen LogP contribution in [-0.4, -0.2) is 11.6 Å². The average molecular weight is 210 g/mol. The molecule has 2 nitrogen and oxygen atoms in total. The molecule has 0 saturated heterocycles. The van der Waals surface area contributed by atoms with Gasteiger partial charge in [-0.1, -0.05) is 26.7 Å². The van der Waals surface area contributed by atoms with Crippen molar-refractivity contribution in [3.63, 3.8) is 0 Å². The van der Waals surface area contributed by atoms with E-state index in [-0.39, 0.29) is 17.5 Å². The Bertz CT molecular complexity index is 233. The smallest absolute Gasteiger partial charge is 0.143 e. The number of ketones is 2. The molecule has 0 heterocycles. The van der Waals surface area contributed by atoms with E-state index in [0.717, 1.165) is 32.1 Å². The zero-order valence-corrected chi connectivity index (χ0v) is 9.92. The fourth-order valence-electron chi connectivity index (χ4n) is 2.25. The normalized spacial score (nSPS) is 26.7. The molecule has 15 heavy (non-hydrogen) atoms. The van der Waals surface area contributed by atoms with Crippen molar-refractivity contribution in [1.29, 1.82) is 0 Å². The lowest BCUT2D eigenvalue weighted by Gasteiger charge is -2.24. The molecule has 0 N–H and O–H groups in total. The summed E-state index contributed by atoms with van der Waals surface area (Å²) in [6.45, 7) is 4.26. The molecule has 1 rings (SSSR count). The monoisotopic (exact) mass is 210 g/mol. The van der Waals surface area contributed by atoms with Crippen LogP contribution >= 0.6 is 0 Å². The van der Waals surface area contributed by atoms with Crippen molar-refractivity contribution in [1.82, 2.24) is 0 Å². The van der Waals surface area contributed by atoms with Gasteiger partial charge in [-0.3, -0.25) is 9.59 Å². The van der Waals surface area contributed by atoms with Crippen LogP contribution in [0.15, 0.2) is 0 Å². The number of hydrogen-bond acceptors (Lipinski definition) is 2. The summed E-state index contributed by atoms with van der Waals surface area (Å²) in [6, 6.07) is 0. The van der Waals surface area contributed by atoms with Crippen molar-refractivity contribution in [2.75, 3.05) is 0 Å². The second kappa shape index (κ2) is 6.04. The highest BCUT2D eigenvalue weighted by molar-refractivity contribution is 6.02. The van der Waals surface area contributed by atoms with Crippen LogP contribution in [0.5, 0.6) is 0 Å². The van der Waals surface area contributed by atoms with Crippen LogP contribution in [0, 0.1) is 11.8 Å². The summed E-state index contributed by atoms with van der Waals surface area (Å²) in [5.41, 5.74) is 0. The van der Waals surface area contributed by atoms with E-state index in [1.807, 2.05) is 0 Å². The Kier molecular flexibility index (Phi) is 5.00. The molecule has 2 heteroatoms. The molecule has 0 amide bonds. The molecule has 0 aromatic heterocycles. The van der Waals surface area contributed by atoms with Crippen LogP contribution in [0.4, 0.5) is 0 Å². The Morgan fingerprint density at radius 2 is 2.13 bits per heavy atom. The molecule has 1 fully saturated rings. The minimum atomic E-state index is -0.259. The summed E-state index contributed by atoms with van der Waals surface area (Å²) in [5, 5.41) is 0. The molecule has 1 saturated carbocycles. The van der Waals surface area contributed by atoms with E-state index < -0.39 is 0 Å². The maximum absolute atomic E-state index is 11.8. The Hall–Kier alpha value is -0.660. The molecular weight excluding hydrogens is 188 g/mol. The minimum absolute atomic E-state index is 0.189. The maximum atomic E-state index is 11.8. The Morgan fingerprint density at radius 3 is 2.80 bits per heavy atom. The largest absolute Gasteiger partial charge is 0.299 e. The number of hydrogen-bond donors (Lipinski definition) is 0. The molecule has 86 valence electrons. The van der Waals surface area contributed by atoms with E-state index >= 15 is 0 Å². The van der Waals surface area contributed by atoms with E-state index in [4.69, 9.17) is 0 Å². The highest BCUT2D eigenvalue weighted by Crippen LogP contribution is 2.27. The van der Waals surface area contributed by atoms with Crippen LogP contribution in [-0.2, 0) is 9.59 Å². The summed E-state index contributed by atoms with van der Waals surface area (Å²) in [7, 11) is 0. The second-order valence-electron chi connectivity index (χ2n) is 4.82. The van der Waals surface area contributed by atoms with Gasteiger partial charge in [-0.2, -0.15) is 0 Å². The first-order chi connectivity index (χ1) is 7.15. The van der Waals surface area contributed by atoms with Crippen LogP contribution in [0.2, 0.25) is 0 Å². The van der Waals surface area contributed by atoms with E-state index in [2.05, 4.69) is 13.8 Å². The van der Waals surface area contributed by atoms with Gasteiger partial charge in [-0.05, 0) is 25.2 Å². The zero-order valence-electron chi connectivity index (χ0n) is 9.92. The highest BCUT2D eigenvalue weighted by atomic mass is 16.1. The number of unbranched alkanes of at least 4 members (excludes halogenated alkanes) is 2. The summed E-state index contributed by atoms with van der Waals surface area (Å²) in [6.07, 6.45) is 6.17. The number of carbonyl (C=O) groups excluding carboxylic acids is 2. The van der Waals surface area contributed by atoms with Gasteiger partial charge >= 0.3 is 0 Å². The van der Waals surface area contributed by atoms with E-state index in [1.165, 1.54) is 0 Å². The average Bonchev–Trinajstić information content (AvgIpc) is 2.22. The van der Waals surface area contributed by atoms with E-state index in [9.17, 15) is 9.59 Å². The topological polar surface area (TPSA) is 34.1 Å². The lowest BCUT2D eigenvalue weighted by Crippen LogP contribution is -2.30. The molecule has 1 aliphatic rings. The lowest BCUT2D eigenvalue weighted by atomic mass is 9.78. The van der Waals surface area contributed by atoms with Gasteiger partial charge in [0, 0.05) is 12.8 Å². The molecule has 0 aromatic rings. The molecule has 1 aliphatic carbocycles. The standard InChI is InChI=1S/C13H22O2/c1-3-4-5-6-12(14)11-9-10(2)7-8-13(11)15/h10-11H,3-9H2,1-2H3. The molecule has 0 bridgehead atoms. The number of Topliss-reactive ketones (excluding diaryl/α,β-unsaturated/α-hetero) is 2. The van der Waals surface area contributed by atoms with Crippen LogP contribution < -0.4 is 0 Å². The van der Waals surface area contributed by atoms with Crippen molar-refractivity contribution < 1.29 is 9.59 Å². The second-order valence-corrected chi connectivity index (χ2v) is 4.82. The van der Waals surface area contributed by atoms with Gasteiger partial charge in [-0.25, -0.2) is 0 Å². The predicted octanol–water partition coefficient (Wildman–Crippen LogP) is 3.14. The van der Waals surface area contributed by atoms with Crippen molar-refractivity contribution in [3.8, 4) is 0 Å². The molecule has 2 unspecified atom stereocenters. The third kappa shape index (κ3) is 3.77. The molecular formula is C13H22O2. The van der Waals surface area contributed by atoms with Crippen molar-refractivity contribution >= 4 is 11.6 Å². The summed E-state index contributed by atoms with van der Waals surface area (Å²) >= 11 is 0. The predicted molar refractivity (Wildman–Crippen MR) is 60.7 cm³/mol. The molecule has 2 atom stereocenters. The highest BCUT2D eigenvalue weighted by Gasteiger charge is 2.31. The zero-order chi connectivity index (χ0) is 11.3. The van der Waals surface area contributed by atoms with Gasteiger partial charge in [0.1, 0.15) is 11.6 Å². The SMILES string of the molecule is CCCCCC(=O)C1CC(C)CCC1=O. The van der Waals surface area contributed by atoms with Gasteiger partial charge in [0.15, 0.2) is 0 Å². The third-order valence-corrected chi connectivity index (χ3v) is 3.33. The Morgan fingerprint density at radius 1 is 1.40 bits per heavy atom. The van der Waals surface area contributed by atoms with Gasteiger partial charge < -0.3 is 0 Å². The molecule has 0 aromatic carbocycles. The minimum Gasteiger partial charge on any atom is -0.299 e. The van der Waals surface area contributed by atoms with E-state index in [0.29, 0.717) is 18.8 Å². The van der Waals surface area contributed by atoms with Gasteiger partial charge in [0.25, 0.3) is 0 Å². The van der Waals surface area contributed by atoms with Gasteiger partial charge in [0.05, 0.1) is 5.92 Å². The quantitative estimate of drug-likeness (QED) is 0.516. The maximum Gasteiger partial charge on any atom is 0.143 e. The summed E-state index contributed by atoms with van der Waals surface area (Å²) < 4.78 is 0. The third-order valence-electron chi connectivity index (χ3n) is 3.33. The van der Waals surface area contributed by atoms with Crippen molar-refractivity contribution in [3.05, 3.63) is 0 Å². The van der Waals surface area contributed by atoms with Crippen LogP contribution in [0.25, 0.3) is 0 Å². The number of rotatable bonds is 5. The fraction of sp³-hybridized carbons (Fsp3) is 0.846. The van der Waals surface area contributed by atoms with Crippen LogP contribution in [0.1, 0.15) is 58.8 Å². The van der Waals surface area contributed by atoms with Crippen LogP contribution in [0.3, 0.4) is 0 Å². The molecule has 0 aliphatic heterocycles. The summed E-state index contributed by atoms with van der Waals surface area (Å²) in [5.74, 6) is 0.669. The molecule has 0 radical (unpaired) electrons.